The van der Waals surface area contributed by atoms with Gasteiger partial charge < -0.3 is 15.4 Å². The molecule has 1 aromatic rings. The predicted octanol–water partition coefficient (Wildman–Crippen LogP) is 2.12. The van der Waals surface area contributed by atoms with E-state index in [0.29, 0.717) is 18.5 Å². The maximum absolute atomic E-state index is 12.5. The van der Waals surface area contributed by atoms with Crippen LogP contribution in [0.25, 0.3) is 0 Å². The Morgan fingerprint density at radius 1 is 1.21 bits per heavy atom. The Morgan fingerprint density at radius 2 is 1.86 bits per heavy atom. The number of urea groups is 1. The zero-order valence-electron chi connectivity index (χ0n) is 16.1. The van der Waals surface area contributed by atoms with E-state index in [9.17, 15) is 19.2 Å². The molecule has 8 heteroatoms. The summed E-state index contributed by atoms with van der Waals surface area (Å²) in [5.74, 6) is -1.36. The van der Waals surface area contributed by atoms with Crippen LogP contribution in [-0.4, -0.2) is 46.9 Å². The van der Waals surface area contributed by atoms with Crippen LogP contribution in [0.15, 0.2) is 24.3 Å². The van der Waals surface area contributed by atoms with Crippen LogP contribution in [0.4, 0.5) is 10.5 Å². The lowest BCUT2D eigenvalue weighted by Crippen LogP contribution is -2.44. The third-order valence-electron chi connectivity index (χ3n) is 5.24. The molecular formula is C20H25N3O5. The van der Waals surface area contributed by atoms with Crippen LogP contribution in [0.2, 0.25) is 0 Å². The first-order chi connectivity index (χ1) is 13.3. The normalized spacial score (nSPS) is 18.9. The maximum Gasteiger partial charge on any atom is 0.325 e. The van der Waals surface area contributed by atoms with Crippen LogP contribution >= 0.6 is 0 Å². The van der Waals surface area contributed by atoms with Crippen molar-refractivity contribution in [2.45, 2.75) is 57.6 Å². The van der Waals surface area contributed by atoms with Gasteiger partial charge >= 0.3 is 12.0 Å². The van der Waals surface area contributed by atoms with Crippen molar-refractivity contribution in [2.75, 3.05) is 11.9 Å². The van der Waals surface area contributed by atoms with Crippen LogP contribution in [0.1, 0.15) is 44.6 Å². The van der Waals surface area contributed by atoms with E-state index in [2.05, 4.69) is 10.6 Å². The van der Waals surface area contributed by atoms with Crippen molar-refractivity contribution in [3.05, 3.63) is 29.8 Å². The molecule has 1 spiro atoms. The van der Waals surface area contributed by atoms with Crippen molar-refractivity contribution >= 4 is 29.5 Å². The molecule has 8 nitrogen and oxygen atoms in total. The van der Waals surface area contributed by atoms with Crippen molar-refractivity contribution < 1.29 is 23.9 Å². The van der Waals surface area contributed by atoms with E-state index in [1.54, 1.807) is 12.1 Å². The van der Waals surface area contributed by atoms with Crippen LogP contribution < -0.4 is 10.6 Å². The van der Waals surface area contributed by atoms with Crippen molar-refractivity contribution in [3.63, 3.8) is 0 Å². The first kappa shape index (κ1) is 19.9. The highest BCUT2D eigenvalue weighted by Crippen LogP contribution is 2.35. The van der Waals surface area contributed by atoms with Crippen LogP contribution in [0.5, 0.6) is 0 Å². The van der Waals surface area contributed by atoms with Gasteiger partial charge in [0.25, 0.3) is 11.8 Å². The number of nitrogens with zero attached hydrogens (tertiary/aromatic N) is 1. The summed E-state index contributed by atoms with van der Waals surface area (Å²) in [7, 11) is 0. The van der Waals surface area contributed by atoms with Gasteiger partial charge in [0, 0.05) is 12.2 Å². The summed E-state index contributed by atoms with van der Waals surface area (Å²) in [5.41, 5.74) is 0.888. The standard InChI is InChI=1S/C20H25N3O5/c1-13-5-7-15(8-6-13)21-17(25)14(2)28-16(24)9-12-23-18(26)20(22-19(23)27)10-3-4-11-20/h5-8,14H,3-4,9-12H2,1-2H3,(H,21,25)(H,22,27)/t14-/m1/s1. The number of nitrogens with one attached hydrogen (secondary N) is 2. The SMILES string of the molecule is Cc1ccc(NC(=O)[C@@H](C)OC(=O)CCN2C(=O)NC3(CCCC3)C2=O)cc1. The number of carbonyl (C=O) groups excluding carboxylic acids is 4. The Labute approximate surface area is 163 Å². The zero-order valence-corrected chi connectivity index (χ0v) is 16.1. The number of rotatable bonds is 6. The molecule has 2 N–H and O–H groups in total. The molecule has 1 aliphatic carbocycles. The molecule has 150 valence electrons. The number of hydrogen-bond acceptors (Lipinski definition) is 5. The number of imide groups is 1. The average Bonchev–Trinajstić information content (AvgIpc) is 3.21. The van der Waals surface area contributed by atoms with E-state index >= 15 is 0 Å². The van der Waals surface area contributed by atoms with Crippen LogP contribution in [-0.2, 0) is 19.1 Å². The molecule has 3 rings (SSSR count). The second-order valence-electron chi connectivity index (χ2n) is 7.41. The third kappa shape index (κ3) is 4.16. The van der Waals surface area contributed by atoms with Gasteiger partial charge in [-0.2, -0.15) is 0 Å². The van der Waals surface area contributed by atoms with Gasteiger partial charge in [-0.05, 0) is 38.8 Å². The van der Waals surface area contributed by atoms with Crippen LogP contribution in [0, 0.1) is 6.92 Å². The third-order valence-corrected chi connectivity index (χ3v) is 5.24. The summed E-state index contributed by atoms with van der Waals surface area (Å²) >= 11 is 0. The average molecular weight is 387 g/mol. The molecule has 1 saturated heterocycles. The minimum absolute atomic E-state index is 0.0580. The number of hydrogen-bond donors (Lipinski definition) is 2. The molecule has 0 bridgehead atoms. The van der Waals surface area contributed by atoms with Crippen molar-refractivity contribution in [1.82, 2.24) is 10.2 Å². The number of aryl methyl sites for hydroxylation is 1. The number of esters is 1. The number of amides is 4. The van der Waals surface area contributed by atoms with Gasteiger partial charge in [-0.1, -0.05) is 30.5 Å². The molecule has 0 radical (unpaired) electrons. The van der Waals surface area contributed by atoms with Gasteiger partial charge in [0.1, 0.15) is 5.54 Å². The topological polar surface area (TPSA) is 105 Å². The molecular weight excluding hydrogens is 362 g/mol. The lowest BCUT2D eigenvalue weighted by molar-refractivity contribution is -0.153. The molecule has 28 heavy (non-hydrogen) atoms. The molecule has 1 heterocycles. The molecule has 2 fully saturated rings. The predicted molar refractivity (Wildman–Crippen MR) is 101 cm³/mol. The second kappa shape index (κ2) is 8.00. The summed E-state index contributed by atoms with van der Waals surface area (Å²) in [6, 6.07) is 6.78. The fraction of sp³-hybridized carbons (Fsp3) is 0.500. The highest BCUT2D eigenvalue weighted by molar-refractivity contribution is 6.07. The number of benzene rings is 1. The van der Waals surface area contributed by atoms with E-state index < -0.39 is 29.6 Å². The Bertz CT molecular complexity index is 784. The highest BCUT2D eigenvalue weighted by atomic mass is 16.5. The highest BCUT2D eigenvalue weighted by Gasteiger charge is 2.52. The molecule has 1 aliphatic heterocycles. The van der Waals surface area contributed by atoms with E-state index in [0.717, 1.165) is 23.3 Å². The van der Waals surface area contributed by atoms with Gasteiger partial charge in [-0.25, -0.2) is 4.79 Å². The summed E-state index contributed by atoms with van der Waals surface area (Å²) < 4.78 is 5.13. The lowest BCUT2D eigenvalue weighted by atomic mass is 9.98. The molecule has 1 atom stereocenters. The minimum Gasteiger partial charge on any atom is -0.452 e. The number of ether oxygens (including phenoxy) is 1. The number of carbonyl (C=O) groups is 4. The molecule has 0 aromatic heterocycles. The largest absolute Gasteiger partial charge is 0.452 e. The molecule has 4 amide bonds. The van der Waals surface area contributed by atoms with Crippen molar-refractivity contribution in [2.24, 2.45) is 0 Å². The minimum atomic E-state index is -0.988. The van der Waals surface area contributed by atoms with E-state index in [1.807, 2.05) is 19.1 Å². The maximum atomic E-state index is 12.5. The van der Waals surface area contributed by atoms with Gasteiger partial charge in [0.05, 0.1) is 6.42 Å². The quantitative estimate of drug-likeness (QED) is 0.575. The first-order valence-corrected chi connectivity index (χ1v) is 9.52. The van der Waals surface area contributed by atoms with Crippen molar-refractivity contribution in [1.29, 1.82) is 0 Å². The Balaban J connectivity index is 1.47. The summed E-state index contributed by atoms with van der Waals surface area (Å²) in [6.45, 7) is 3.36. The molecule has 1 saturated carbocycles. The molecule has 1 aromatic carbocycles. The monoisotopic (exact) mass is 387 g/mol. The summed E-state index contributed by atoms with van der Waals surface area (Å²) in [6.07, 6.45) is 1.92. The van der Waals surface area contributed by atoms with Gasteiger partial charge in [0.15, 0.2) is 6.10 Å². The molecule has 0 unspecified atom stereocenters. The van der Waals surface area contributed by atoms with Gasteiger partial charge in [-0.3, -0.25) is 19.3 Å². The zero-order chi connectivity index (χ0) is 20.3. The summed E-state index contributed by atoms with van der Waals surface area (Å²) in [5, 5.41) is 5.44. The fourth-order valence-corrected chi connectivity index (χ4v) is 3.59. The Hall–Kier alpha value is -2.90. The van der Waals surface area contributed by atoms with Gasteiger partial charge in [-0.15, -0.1) is 0 Å². The first-order valence-electron chi connectivity index (χ1n) is 9.52. The Morgan fingerprint density at radius 3 is 2.50 bits per heavy atom. The number of anilines is 1. The van der Waals surface area contributed by atoms with Crippen LogP contribution in [0.3, 0.4) is 0 Å². The summed E-state index contributed by atoms with van der Waals surface area (Å²) in [4.78, 5) is 49.9. The lowest BCUT2D eigenvalue weighted by Gasteiger charge is -2.20. The van der Waals surface area contributed by atoms with E-state index in [1.165, 1.54) is 6.92 Å². The fourth-order valence-electron chi connectivity index (χ4n) is 3.59. The molecule has 2 aliphatic rings. The second-order valence-corrected chi connectivity index (χ2v) is 7.41. The van der Waals surface area contributed by atoms with Crippen molar-refractivity contribution in [3.8, 4) is 0 Å². The van der Waals surface area contributed by atoms with E-state index in [-0.39, 0.29) is 18.9 Å². The smallest absolute Gasteiger partial charge is 0.325 e. The van der Waals surface area contributed by atoms with E-state index in [4.69, 9.17) is 4.74 Å². The Kier molecular flexibility index (Phi) is 5.67. The van der Waals surface area contributed by atoms with Gasteiger partial charge in [0.2, 0.25) is 0 Å².